The molecular formula is C22H22FN3O5. The molecule has 162 valence electrons. The van der Waals surface area contributed by atoms with Gasteiger partial charge in [0, 0.05) is 6.42 Å². The molecule has 2 unspecified atom stereocenters. The molecule has 8 nitrogen and oxygen atoms in total. The molecule has 0 aromatic heterocycles. The Balaban J connectivity index is 1.62. The molecular weight excluding hydrogens is 405 g/mol. The predicted molar refractivity (Wildman–Crippen MR) is 108 cm³/mol. The van der Waals surface area contributed by atoms with Gasteiger partial charge in [0.25, 0.3) is 5.91 Å². The van der Waals surface area contributed by atoms with Crippen LogP contribution >= 0.6 is 0 Å². The van der Waals surface area contributed by atoms with Crippen molar-refractivity contribution in [2.45, 2.75) is 31.5 Å². The Bertz CT molecular complexity index is 982. The zero-order valence-electron chi connectivity index (χ0n) is 16.8. The summed E-state index contributed by atoms with van der Waals surface area (Å²) >= 11 is 0. The first-order chi connectivity index (χ1) is 14.9. The third kappa shape index (κ3) is 5.65. The number of hydrogen-bond donors (Lipinski definition) is 2. The second kappa shape index (κ2) is 9.84. The molecule has 1 aliphatic rings. The van der Waals surface area contributed by atoms with E-state index in [1.165, 1.54) is 25.3 Å². The van der Waals surface area contributed by atoms with Crippen LogP contribution in [0.4, 0.5) is 9.18 Å². The SMILES string of the molecule is COC(=O)C(Cc1cccc(F)c1)NC(=O)CC1NC(=O)N(Cc2ccccc2)C1=O. The zero-order chi connectivity index (χ0) is 22.4. The van der Waals surface area contributed by atoms with Crippen LogP contribution in [0.3, 0.4) is 0 Å². The molecule has 0 aliphatic carbocycles. The Morgan fingerprint density at radius 1 is 1.13 bits per heavy atom. The number of carbonyl (C=O) groups is 4. The summed E-state index contributed by atoms with van der Waals surface area (Å²) in [6.07, 6.45) is -0.326. The summed E-state index contributed by atoms with van der Waals surface area (Å²) < 4.78 is 18.1. The highest BCUT2D eigenvalue weighted by molar-refractivity contribution is 6.05. The average molecular weight is 427 g/mol. The first-order valence-electron chi connectivity index (χ1n) is 9.65. The summed E-state index contributed by atoms with van der Waals surface area (Å²) in [5, 5.41) is 4.99. The van der Waals surface area contributed by atoms with Gasteiger partial charge < -0.3 is 15.4 Å². The summed E-state index contributed by atoms with van der Waals surface area (Å²) in [4.78, 5) is 50.4. The number of amides is 4. The van der Waals surface area contributed by atoms with Crippen molar-refractivity contribution in [3.63, 3.8) is 0 Å². The van der Waals surface area contributed by atoms with E-state index in [4.69, 9.17) is 4.74 Å². The van der Waals surface area contributed by atoms with Crippen molar-refractivity contribution in [1.29, 1.82) is 0 Å². The normalized spacial score (nSPS) is 16.6. The molecule has 1 aliphatic heterocycles. The fourth-order valence-electron chi connectivity index (χ4n) is 3.30. The highest BCUT2D eigenvalue weighted by atomic mass is 19.1. The fourth-order valence-corrected chi connectivity index (χ4v) is 3.30. The van der Waals surface area contributed by atoms with Crippen molar-refractivity contribution in [3.8, 4) is 0 Å². The summed E-state index contributed by atoms with van der Waals surface area (Å²) in [5.74, 6) is -2.31. The number of nitrogens with zero attached hydrogens (tertiary/aromatic N) is 1. The zero-order valence-corrected chi connectivity index (χ0v) is 16.8. The third-order valence-corrected chi connectivity index (χ3v) is 4.83. The van der Waals surface area contributed by atoms with E-state index in [1.54, 1.807) is 30.3 Å². The van der Waals surface area contributed by atoms with E-state index < -0.39 is 41.7 Å². The molecule has 2 N–H and O–H groups in total. The second-order valence-corrected chi connectivity index (χ2v) is 7.09. The first-order valence-corrected chi connectivity index (χ1v) is 9.65. The minimum Gasteiger partial charge on any atom is -0.467 e. The Morgan fingerprint density at radius 2 is 1.84 bits per heavy atom. The van der Waals surface area contributed by atoms with Crippen molar-refractivity contribution < 1.29 is 28.3 Å². The molecule has 1 heterocycles. The summed E-state index contributed by atoms with van der Waals surface area (Å²) in [6, 6.07) is 11.9. The average Bonchev–Trinajstić information content (AvgIpc) is 3.00. The van der Waals surface area contributed by atoms with Gasteiger partial charge in [-0.25, -0.2) is 14.0 Å². The Morgan fingerprint density at radius 3 is 2.52 bits per heavy atom. The molecule has 3 rings (SSSR count). The van der Waals surface area contributed by atoms with Crippen LogP contribution in [0.5, 0.6) is 0 Å². The van der Waals surface area contributed by atoms with Crippen LogP contribution < -0.4 is 10.6 Å². The number of benzene rings is 2. The molecule has 0 spiro atoms. The standard InChI is InChI=1S/C22H22FN3O5/c1-31-21(29)18(11-15-8-5-9-16(23)10-15)24-19(27)12-17-20(28)26(22(30)25-17)13-14-6-3-2-4-7-14/h2-10,17-18H,11-13H2,1H3,(H,24,27)(H,25,30). The van der Waals surface area contributed by atoms with Crippen LogP contribution in [0, 0.1) is 5.82 Å². The topological polar surface area (TPSA) is 105 Å². The van der Waals surface area contributed by atoms with Crippen molar-refractivity contribution in [2.24, 2.45) is 0 Å². The number of esters is 1. The van der Waals surface area contributed by atoms with E-state index >= 15 is 0 Å². The lowest BCUT2D eigenvalue weighted by molar-refractivity contribution is -0.145. The molecule has 0 bridgehead atoms. The van der Waals surface area contributed by atoms with Crippen molar-refractivity contribution in [2.75, 3.05) is 7.11 Å². The van der Waals surface area contributed by atoms with Crippen LogP contribution in [-0.4, -0.2) is 47.9 Å². The van der Waals surface area contributed by atoms with Gasteiger partial charge >= 0.3 is 12.0 Å². The van der Waals surface area contributed by atoms with E-state index in [1.807, 2.05) is 6.07 Å². The first kappa shape index (κ1) is 21.9. The van der Waals surface area contributed by atoms with Crippen LogP contribution in [0.2, 0.25) is 0 Å². The number of nitrogens with one attached hydrogen (secondary N) is 2. The van der Waals surface area contributed by atoms with Crippen molar-refractivity contribution in [3.05, 3.63) is 71.5 Å². The van der Waals surface area contributed by atoms with E-state index in [-0.39, 0.29) is 19.4 Å². The molecule has 31 heavy (non-hydrogen) atoms. The van der Waals surface area contributed by atoms with Gasteiger partial charge in [0.05, 0.1) is 20.1 Å². The number of carbonyl (C=O) groups excluding carboxylic acids is 4. The van der Waals surface area contributed by atoms with E-state index in [9.17, 15) is 23.6 Å². The van der Waals surface area contributed by atoms with Crippen molar-refractivity contribution in [1.82, 2.24) is 15.5 Å². The smallest absolute Gasteiger partial charge is 0.328 e. The van der Waals surface area contributed by atoms with Gasteiger partial charge in [-0.2, -0.15) is 0 Å². The van der Waals surface area contributed by atoms with Crippen LogP contribution in [0.25, 0.3) is 0 Å². The number of halogens is 1. The molecule has 9 heteroatoms. The van der Waals surface area contributed by atoms with E-state index in [0.29, 0.717) is 5.56 Å². The van der Waals surface area contributed by atoms with Crippen LogP contribution in [-0.2, 0) is 32.1 Å². The van der Waals surface area contributed by atoms with Gasteiger partial charge in [-0.1, -0.05) is 42.5 Å². The minimum atomic E-state index is -1.06. The summed E-state index contributed by atoms with van der Waals surface area (Å²) in [6.45, 7) is 0.0913. The highest BCUT2D eigenvalue weighted by Gasteiger charge is 2.39. The monoisotopic (exact) mass is 427 g/mol. The van der Waals surface area contributed by atoms with Crippen LogP contribution in [0.15, 0.2) is 54.6 Å². The number of rotatable bonds is 8. The predicted octanol–water partition coefficient (Wildman–Crippen LogP) is 1.54. The maximum Gasteiger partial charge on any atom is 0.328 e. The number of methoxy groups -OCH3 is 1. The number of urea groups is 1. The Hall–Kier alpha value is -3.75. The number of imide groups is 1. The summed E-state index contributed by atoms with van der Waals surface area (Å²) in [7, 11) is 1.18. The molecule has 0 saturated carbocycles. The van der Waals surface area contributed by atoms with Gasteiger partial charge in [-0.05, 0) is 23.3 Å². The van der Waals surface area contributed by atoms with Gasteiger partial charge in [0.15, 0.2) is 0 Å². The Kier molecular flexibility index (Phi) is 6.96. The molecule has 1 fully saturated rings. The number of hydrogen-bond acceptors (Lipinski definition) is 5. The van der Waals surface area contributed by atoms with E-state index in [0.717, 1.165) is 10.5 Å². The maximum atomic E-state index is 13.4. The summed E-state index contributed by atoms with van der Waals surface area (Å²) in [5.41, 5.74) is 1.27. The molecule has 4 amide bonds. The maximum absolute atomic E-state index is 13.4. The lowest BCUT2D eigenvalue weighted by Gasteiger charge is -2.18. The lowest BCUT2D eigenvalue weighted by Crippen LogP contribution is -2.45. The lowest BCUT2D eigenvalue weighted by atomic mass is 10.1. The third-order valence-electron chi connectivity index (χ3n) is 4.83. The molecule has 0 radical (unpaired) electrons. The molecule has 2 aromatic carbocycles. The van der Waals surface area contributed by atoms with Gasteiger partial charge in [0.2, 0.25) is 5.91 Å². The number of ether oxygens (including phenoxy) is 1. The van der Waals surface area contributed by atoms with Crippen molar-refractivity contribution >= 4 is 23.8 Å². The minimum absolute atomic E-state index is 0.0152. The van der Waals surface area contributed by atoms with Gasteiger partial charge in [-0.15, -0.1) is 0 Å². The quantitative estimate of drug-likeness (QED) is 0.491. The van der Waals surface area contributed by atoms with Crippen LogP contribution in [0.1, 0.15) is 17.5 Å². The molecule has 2 atom stereocenters. The second-order valence-electron chi connectivity index (χ2n) is 7.09. The van der Waals surface area contributed by atoms with E-state index in [2.05, 4.69) is 10.6 Å². The highest BCUT2D eigenvalue weighted by Crippen LogP contribution is 2.14. The Labute approximate surface area is 178 Å². The largest absolute Gasteiger partial charge is 0.467 e. The molecule has 1 saturated heterocycles. The fraction of sp³-hybridized carbons (Fsp3) is 0.273. The van der Waals surface area contributed by atoms with Gasteiger partial charge in [0.1, 0.15) is 17.9 Å². The van der Waals surface area contributed by atoms with Gasteiger partial charge in [-0.3, -0.25) is 14.5 Å². The molecule has 2 aromatic rings.